The molecule has 158 valence electrons. The molecule has 1 N–H and O–H groups in total. The first kappa shape index (κ1) is 24.6. The fraction of sp³-hybridized carbons (Fsp3) is 0.682. The van der Waals surface area contributed by atoms with Gasteiger partial charge >= 0.3 is 14.1 Å². The van der Waals surface area contributed by atoms with Gasteiger partial charge in [0.05, 0.1) is 0 Å². The van der Waals surface area contributed by atoms with Gasteiger partial charge < -0.3 is 4.74 Å². The van der Waals surface area contributed by atoms with Crippen LogP contribution in [0.15, 0.2) is 30.3 Å². The minimum absolute atomic E-state index is 0.0571. The van der Waals surface area contributed by atoms with E-state index >= 15 is 0 Å². The van der Waals surface area contributed by atoms with Gasteiger partial charge in [-0.1, -0.05) is 75.7 Å². The highest BCUT2D eigenvalue weighted by molar-refractivity contribution is 7.37. The first-order chi connectivity index (χ1) is 13.6. The first-order valence-corrected chi connectivity index (χ1v) is 11.9. The second-order valence-electron chi connectivity index (χ2n) is 7.27. The summed E-state index contributed by atoms with van der Waals surface area (Å²) in [6.07, 6.45) is 11.0. The number of hydrogen-bond acceptors (Lipinski definition) is 4. The maximum atomic E-state index is 12.5. The second kappa shape index (κ2) is 15.5. The predicted octanol–water partition coefficient (Wildman–Crippen LogP) is 6.55. The van der Waals surface area contributed by atoms with E-state index in [1.807, 2.05) is 6.07 Å². The van der Waals surface area contributed by atoms with Gasteiger partial charge in [0.2, 0.25) is 0 Å². The van der Waals surface area contributed by atoms with Crippen molar-refractivity contribution >= 4 is 14.1 Å². The van der Waals surface area contributed by atoms with E-state index in [1.54, 1.807) is 31.2 Å². The van der Waals surface area contributed by atoms with Crippen LogP contribution in [0.4, 0.5) is 0 Å². The number of hydrogen-bond donors (Lipinski definition) is 1. The third-order valence-electron chi connectivity index (χ3n) is 4.63. The van der Waals surface area contributed by atoms with Gasteiger partial charge in [0.1, 0.15) is 12.1 Å². The van der Waals surface area contributed by atoms with Crippen molar-refractivity contribution in [1.29, 1.82) is 0 Å². The molecule has 0 aromatic heterocycles. The van der Waals surface area contributed by atoms with Gasteiger partial charge in [-0.2, -0.15) is 0 Å². The van der Waals surface area contributed by atoms with Crippen molar-refractivity contribution in [3.05, 3.63) is 30.3 Å². The quantitative estimate of drug-likeness (QED) is 0.190. The molecule has 0 aliphatic carbocycles. The predicted molar refractivity (Wildman–Crippen MR) is 115 cm³/mol. The maximum Gasteiger partial charge on any atom is 0.664 e. The third-order valence-corrected chi connectivity index (χ3v) is 5.60. The van der Waals surface area contributed by atoms with Gasteiger partial charge in [-0.05, 0) is 44.7 Å². The summed E-state index contributed by atoms with van der Waals surface area (Å²) in [7, 11) is -2.19. The molecule has 6 heteroatoms. The van der Waals surface area contributed by atoms with Crippen LogP contribution < -0.4 is 9.61 Å². The highest BCUT2D eigenvalue weighted by Gasteiger charge is 2.29. The van der Waals surface area contributed by atoms with Crippen molar-refractivity contribution in [3.63, 3.8) is 0 Å². The highest BCUT2D eigenvalue weighted by atomic mass is 31.1. The van der Waals surface area contributed by atoms with Gasteiger partial charge in [-0.25, -0.2) is 4.52 Å². The van der Waals surface area contributed by atoms with Crippen LogP contribution >= 0.6 is 8.18 Å². The number of ether oxygens (including phenoxy) is 1. The van der Waals surface area contributed by atoms with Crippen LogP contribution in [0.2, 0.25) is 0 Å². The maximum absolute atomic E-state index is 12.5. The van der Waals surface area contributed by atoms with Crippen LogP contribution in [0.5, 0.6) is 5.75 Å². The zero-order valence-corrected chi connectivity index (χ0v) is 18.6. The van der Waals surface area contributed by atoms with Gasteiger partial charge in [-0.3, -0.25) is 4.79 Å². The van der Waals surface area contributed by atoms with E-state index in [-0.39, 0.29) is 12.1 Å². The monoisotopic (exact) mass is 410 g/mol. The van der Waals surface area contributed by atoms with Crippen LogP contribution in [0.1, 0.15) is 85.0 Å². The number of unbranched alkanes of at least 4 members (excludes halogenated alkanes) is 6. The normalized spacial score (nSPS) is 12.6. The Labute approximate surface area is 171 Å². The zero-order valence-electron chi connectivity index (χ0n) is 17.7. The molecule has 1 rings (SSSR count). The molecule has 0 heterocycles. The summed E-state index contributed by atoms with van der Waals surface area (Å²) in [5, 5.41) is 2.70. The van der Waals surface area contributed by atoms with Gasteiger partial charge in [0, 0.05) is 4.57 Å². The third kappa shape index (κ3) is 11.4. The van der Waals surface area contributed by atoms with Gasteiger partial charge in [-0.15, -0.1) is 0 Å². The van der Waals surface area contributed by atoms with E-state index < -0.39 is 14.2 Å². The average molecular weight is 411 g/mol. The summed E-state index contributed by atoms with van der Waals surface area (Å²) in [5.74, 6) is 0.136. The molecular formula is C22H37NO4P+. The Kier molecular flexibility index (Phi) is 13.6. The Hall–Kier alpha value is -1.45. The van der Waals surface area contributed by atoms with Crippen molar-refractivity contribution in [1.82, 2.24) is 5.09 Å². The number of esters is 1. The molecule has 0 spiro atoms. The summed E-state index contributed by atoms with van der Waals surface area (Å²) >= 11 is 0. The van der Waals surface area contributed by atoms with Crippen molar-refractivity contribution < 1.29 is 18.6 Å². The van der Waals surface area contributed by atoms with E-state index in [0.29, 0.717) is 5.75 Å². The lowest BCUT2D eigenvalue weighted by Gasteiger charge is -2.19. The van der Waals surface area contributed by atoms with Crippen molar-refractivity contribution in [3.8, 4) is 5.75 Å². The smallest absolute Gasteiger partial charge is 0.461 e. The van der Waals surface area contributed by atoms with Crippen molar-refractivity contribution in [2.24, 2.45) is 0 Å². The Bertz CT molecular complexity index is 541. The van der Waals surface area contributed by atoms with E-state index in [0.717, 1.165) is 25.7 Å². The Morgan fingerprint density at radius 1 is 0.964 bits per heavy atom. The highest BCUT2D eigenvalue weighted by Crippen LogP contribution is 2.24. The number of rotatable bonds is 16. The fourth-order valence-electron chi connectivity index (χ4n) is 2.94. The minimum Gasteiger partial charge on any atom is -0.461 e. The molecule has 28 heavy (non-hydrogen) atoms. The molecule has 0 bridgehead atoms. The second-order valence-corrected chi connectivity index (χ2v) is 8.22. The van der Waals surface area contributed by atoms with Crippen LogP contribution in [-0.2, 0) is 14.1 Å². The summed E-state index contributed by atoms with van der Waals surface area (Å²) in [5.41, 5.74) is 0. The Morgan fingerprint density at radius 3 is 2.07 bits per heavy atom. The van der Waals surface area contributed by atoms with Crippen LogP contribution in [0.25, 0.3) is 0 Å². The van der Waals surface area contributed by atoms with E-state index in [1.165, 1.54) is 38.5 Å². The number of carbonyl (C=O) groups is 1. The fourth-order valence-corrected chi connectivity index (χ4v) is 3.73. The average Bonchev–Trinajstić information content (AvgIpc) is 2.68. The molecule has 1 unspecified atom stereocenters. The molecule has 0 aliphatic rings. The van der Waals surface area contributed by atoms with Gasteiger partial charge in [0.15, 0.2) is 5.75 Å². The summed E-state index contributed by atoms with van der Waals surface area (Å²) in [6.45, 7) is 6.04. The molecule has 5 nitrogen and oxygen atoms in total. The number of nitrogens with one attached hydrogen (secondary N) is 1. The van der Waals surface area contributed by atoms with E-state index in [9.17, 15) is 9.36 Å². The van der Waals surface area contributed by atoms with Crippen LogP contribution in [0, 0.1) is 0 Å². The number of para-hydroxylation sites is 1. The van der Waals surface area contributed by atoms with Crippen molar-refractivity contribution in [2.75, 3.05) is 0 Å². The Balaban J connectivity index is 2.44. The van der Waals surface area contributed by atoms with Crippen LogP contribution in [-0.4, -0.2) is 18.1 Å². The van der Waals surface area contributed by atoms with Gasteiger partial charge in [0.25, 0.3) is 0 Å². The number of benzene rings is 1. The lowest BCUT2D eigenvalue weighted by molar-refractivity contribution is -0.151. The summed E-state index contributed by atoms with van der Waals surface area (Å²) in [6, 6.07) is 8.23. The summed E-state index contributed by atoms with van der Waals surface area (Å²) < 4.78 is 23.2. The topological polar surface area (TPSA) is 64.6 Å². The molecule has 1 aromatic rings. The van der Waals surface area contributed by atoms with E-state index in [2.05, 4.69) is 18.9 Å². The first-order valence-electron chi connectivity index (χ1n) is 10.7. The minimum atomic E-state index is -2.19. The largest absolute Gasteiger partial charge is 0.664 e. The molecule has 0 saturated heterocycles. The zero-order chi connectivity index (χ0) is 20.6. The lowest BCUT2D eigenvalue weighted by Crippen LogP contribution is -2.34. The molecule has 1 aromatic carbocycles. The molecule has 0 saturated carbocycles. The summed E-state index contributed by atoms with van der Waals surface area (Å²) in [4.78, 5) is 12.5. The molecule has 2 atom stereocenters. The van der Waals surface area contributed by atoms with E-state index in [4.69, 9.17) is 9.26 Å². The SMILES string of the molecule is CCCCCCC(CCCCCC)OC(=O)[C@H](C)N[P+](=O)Oc1ccccc1. The van der Waals surface area contributed by atoms with Crippen LogP contribution in [0.3, 0.4) is 0 Å². The Morgan fingerprint density at radius 2 is 1.54 bits per heavy atom. The molecule has 0 aliphatic heterocycles. The number of carbonyl (C=O) groups excluding carboxylic acids is 1. The molecule has 0 fully saturated rings. The standard InChI is InChI=1S/C22H37NO4P/c1-4-6-8-11-15-20(16-12-9-7-5-2)26-22(24)19(3)23-28(25)27-21-17-13-10-14-18-21/h10,13-14,17-20H,4-9,11-12,15-16H2,1-3H3,(H,23,25)/q+1/t19-/m0/s1. The molecule has 0 amide bonds. The molecule has 0 radical (unpaired) electrons. The van der Waals surface area contributed by atoms with Crippen molar-refractivity contribution in [2.45, 2.75) is 97.1 Å². The lowest BCUT2D eigenvalue weighted by atomic mass is 10.0. The molecular weight excluding hydrogens is 373 g/mol.